The highest BCUT2D eigenvalue weighted by Gasteiger charge is 2.34. The van der Waals surface area contributed by atoms with Gasteiger partial charge in [0.1, 0.15) is 0 Å². The minimum Gasteiger partial charge on any atom is -0.379 e. The number of nitrogens with zero attached hydrogens (tertiary/aromatic N) is 6. The van der Waals surface area contributed by atoms with Gasteiger partial charge in [0.25, 0.3) is 6.43 Å². The Morgan fingerprint density at radius 3 is 2.78 bits per heavy atom. The van der Waals surface area contributed by atoms with Crippen molar-refractivity contribution in [2.24, 2.45) is 7.05 Å². The van der Waals surface area contributed by atoms with Crippen LogP contribution in [0.25, 0.3) is 11.1 Å². The highest BCUT2D eigenvalue weighted by Crippen LogP contribution is 2.43. The molecular weight excluding hydrogens is 466 g/mol. The van der Waals surface area contributed by atoms with Crippen LogP contribution in [0.5, 0.6) is 0 Å². The van der Waals surface area contributed by atoms with E-state index < -0.39 is 6.43 Å². The predicted octanol–water partition coefficient (Wildman–Crippen LogP) is 4.17. The minimum absolute atomic E-state index is 0.00324. The molecule has 1 unspecified atom stereocenters. The van der Waals surface area contributed by atoms with E-state index >= 15 is 0 Å². The van der Waals surface area contributed by atoms with Crippen molar-refractivity contribution in [3.05, 3.63) is 46.9 Å². The molecule has 1 atom stereocenters. The number of halogens is 2. The summed E-state index contributed by atoms with van der Waals surface area (Å²) in [6, 6.07) is 3.69. The Morgan fingerprint density at radius 2 is 2.08 bits per heavy atom. The molecule has 1 fully saturated rings. The van der Waals surface area contributed by atoms with Crippen molar-refractivity contribution in [2.75, 3.05) is 31.2 Å². The number of aromatic nitrogens is 4. The van der Waals surface area contributed by atoms with E-state index in [1.807, 2.05) is 11.0 Å². The molecule has 1 aromatic carbocycles. The first-order valence-electron chi connectivity index (χ1n) is 12.6. The van der Waals surface area contributed by atoms with Crippen LogP contribution in [0.1, 0.15) is 54.6 Å². The van der Waals surface area contributed by atoms with Crippen LogP contribution in [0.15, 0.2) is 24.5 Å². The molecule has 0 aliphatic carbocycles. The van der Waals surface area contributed by atoms with Gasteiger partial charge in [0, 0.05) is 74.4 Å². The maximum Gasteiger partial charge on any atom is 0.264 e. The number of anilines is 2. The van der Waals surface area contributed by atoms with Gasteiger partial charge in [0.15, 0.2) is 5.82 Å². The molecule has 190 valence electrons. The smallest absolute Gasteiger partial charge is 0.264 e. The van der Waals surface area contributed by atoms with Crippen molar-refractivity contribution in [3.63, 3.8) is 0 Å². The summed E-state index contributed by atoms with van der Waals surface area (Å²) in [6.45, 7) is 4.73. The average Bonchev–Trinajstić information content (AvgIpc) is 3.62. The molecule has 0 N–H and O–H groups in total. The molecule has 10 heteroatoms. The number of ether oxygens (including phenoxy) is 1. The zero-order chi connectivity index (χ0) is 25.0. The average molecular weight is 497 g/mol. The molecule has 36 heavy (non-hydrogen) atoms. The molecule has 6 rings (SSSR count). The highest BCUT2D eigenvalue weighted by atomic mass is 19.3. The van der Waals surface area contributed by atoms with Crippen LogP contribution in [0.4, 0.5) is 20.3 Å². The summed E-state index contributed by atoms with van der Waals surface area (Å²) in [5.74, 6) is 0.807. The zero-order valence-electron chi connectivity index (χ0n) is 20.6. The number of hydrogen-bond donors (Lipinski definition) is 0. The fourth-order valence-electron chi connectivity index (χ4n) is 5.79. The first kappa shape index (κ1) is 23.1. The van der Waals surface area contributed by atoms with Gasteiger partial charge in [-0.1, -0.05) is 0 Å². The van der Waals surface area contributed by atoms with E-state index in [1.54, 1.807) is 37.1 Å². The van der Waals surface area contributed by atoms with Crippen LogP contribution < -0.4 is 4.90 Å². The van der Waals surface area contributed by atoms with Crippen LogP contribution >= 0.6 is 0 Å². The first-order valence-corrected chi connectivity index (χ1v) is 12.6. The van der Waals surface area contributed by atoms with Crippen LogP contribution in [0, 0.1) is 0 Å². The fraction of sp³-hybridized carbons (Fsp3) is 0.500. The van der Waals surface area contributed by atoms with Crippen molar-refractivity contribution < 1.29 is 18.3 Å². The summed E-state index contributed by atoms with van der Waals surface area (Å²) >= 11 is 0. The Hall–Kier alpha value is -3.27. The first-order chi connectivity index (χ1) is 17.4. The second-order valence-corrected chi connectivity index (χ2v) is 9.93. The van der Waals surface area contributed by atoms with E-state index in [4.69, 9.17) is 9.84 Å². The number of alkyl halides is 2. The molecule has 8 nitrogen and oxygen atoms in total. The molecule has 0 spiro atoms. The van der Waals surface area contributed by atoms with Crippen LogP contribution in [0.2, 0.25) is 0 Å². The standard InChI is InChI=1S/C26H30F2N6O2/c1-16(35)32-8-5-23-22(14-32)26(30-34(23)19-6-9-36-15-19)33-7-3-4-17-10-20(18-12-29-31(2)13-18)21(25(27)28)11-24(17)33/h10-13,19,25H,3-9,14-15H2,1-2H3. The lowest BCUT2D eigenvalue weighted by Gasteiger charge is -2.33. The lowest BCUT2D eigenvalue weighted by molar-refractivity contribution is -0.129. The van der Waals surface area contributed by atoms with E-state index in [-0.39, 0.29) is 17.5 Å². The Kier molecular flexibility index (Phi) is 5.78. The summed E-state index contributed by atoms with van der Waals surface area (Å²) in [6.07, 6.45) is 4.09. The van der Waals surface area contributed by atoms with E-state index in [1.165, 1.54) is 0 Å². The molecular formula is C26H30F2N6O2. The molecule has 3 aliphatic heterocycles. The van der Waals surface area contributed by atoms with Crippen molar-refractivity contribution in [2.45, 2.75) is 51.6 Å². The van der Waals surface area contributed by atoms with E-state index in [9.17, 15) is 13.6 Å². The van der Waals surface area contributed by atoms with Gasteiger partial charge in [0.2, 0.25) is 5.91 Å². The molecule has 1 saturated heterocycles. The maximum absolute atomic E-state index is 14.3. The van der Waals surface area contributed by atoms with E-state index in [0.717, 1.165) is 54.0 Å². The van der Waals surface area contributed by atoms with E-state index in [2.05, 4.69) is 14.7 Å². The van der Waals surface area contributed by atoms with Crippen LogP contribution in [-0.4, -0.2) is 56.7 Å². The number of carbonyl (C=O) groups excluding carboxylic acids is 1. The summed E-state index contributed by atoms with van der Waals surface area (Å²) in [7, 11) is 1.78. The molecule has 1 amide bonds. The largest absolute Gasteiger partial charge is 0.379 e. The topological polar surface area (TPSA) is 68.4 Å². The number of amides is 1. The van der Waals surface area contributed by atoms with Gasteiger partial charge < -0.3 is 14.5 Å². The summed E-state index contributed by atoms with van der Waals surface area (Å²) in [5.41, 5.74) is 5.16. The summed E-state index contributed by atoms with van der Waals surface area (Å²) < 4.78 is 38.0. The third-order valence-electron chi connectivity index (χ3n) is 7.64. The van der Waals surface area contributed by atoms with Gasteiger partial charge in [-0.25, -0.2) is 8.78 Å². The zero-order valence-corrected chi connectivity index (χ0v) is 20.6. The van der Waals surface area contributed by atoms with Gasteiger partial charge in [0.05, 0.1) is 25.4 Å². The van der Waals surface area contributed by atoms with Gasteiger partial charge in [-0.2, -0.15) is 10.2 Å². The van der Waals surface area contributed by atoms with Crippen LogP contribution in [0.3, 0.4) is 0 Å². The van der Waals surface area contributed by atoms with Crippen LogP contribution in [-0.2, 0) is 36.0 Å². The van der Waals surface area contributed by atoms with Crippen molar-refractivity contribution in [1.82, 2.24) is 24.5 Å². The quantitative estimate of drug-likeness (QED) is 0.542. The fourth-order valence-corrected chi connectivity index (χ4v) is 5.79. The van der Waals surface area contributed by atoms with Crippen molar-refractivity contribution in [1.29, 1.82) is 0 Å². The van der Waals surface area contributed by atoms with Crippen molar-refractivity contribution >= 4 is 17.4 Å². The number of benzene rings is 1. The second-order valence-electron chi connectivity index (χ2n) is 9.93. The maximum atomic E-state index is 14.3. The lowest BCUT2D eigenvalue weighted by Crippen LogP contribution is -2.35. The Balaban J connectivity index is 1.48. The molecule has 5 heterocycles. The second kappa shape index (κ2) is 8.99. The summed E-state index contributed by atoms with van der Waals surface area (Å²) in [5, 5.41) is 9.26. The normalized spacial score (nSPS) is 19.6. The Bertz CT molecular complexity index is 1310. The highest BCUT2D eigenvalue weighted by molar-refractivity contribution is 5.78. The molecule has 0 bridgehead atoms. The van der Waals surface area contributed by atoms with Gasteiger partial charge >= 0.3 is 0 Å². The minimum atomic E-state index is -2.62. The Labute approximate surface area is 208 Å². The molecule has 3 aliphatic rings. The predicted molar refractivity (Wildman–Crippen MR) is 130 cm³/mol. The van der Waals surface area contributed by atoms with Gasteiger partial charge in [-0.05, 0) is 42.5 Å². The molecule has 2 aromatic heterocycles. The molecule has 3 aromatic rings. The van der Waals surface area contributed by atoms with Gasteiger partial charge in [-0.3, -0.25) is 14.2 Å². The van der Waals surface area contributed by atoms with Crippen molar-refractivity contribution in [3.8, 4) is 11.1 Å². The SMILES string of the molecule is CC(=O)N1CCc2c(c(N3CCCc4cc(-c5cnn(C)c5)c(C(F)F)cc43)nn2C2CCOC2)C1. The third kappa shape index (κ3) is 3.87. The van der Waals surface area contributed by atoms with Gasteiger partial charge in [-0.15, -0.1) is 0 Å². The number of aryl methyl sites for hydroxylation is 2. The number of rotatable bonds is 4. The third-order valence-corrected chi connectivity index (χ3v) is 7.64. The lowest BCUT2D eigenvalue weighted by atomic mass is 9.92. The Morgan fingerprint density at radius 1 is 1.22 bits per heavy atom. The monoisotopic (exact) mass is 496 g/mol. The van der Waals surface area contributed by atoms with E-state index in [0.29, 0.717) is 44.0 Å². The number of fused-ring (bicyclic) bond motifs is 2. The molecule has 0 radical (unpaired) electrons. The number of hydrogen-bond acceptors (Lipinski definition) is 5. The molecule has 0 saturated carbocycles. The summed E-state index contributed by atoms with van der Waals surface area (Å²) in [4.78, 5) is 16.2. The number of carbonyl (C=O) groups is 1.